The number of carbonyl (C=O) groups excluding carboxylic acids is 3. The number of ether oxygens (including phenoxy) is 3. The van der Waals surface area contributed by atoms with E-state index in [0.717, 1.165) is 83.5 Å². The summed E-state index contributed by atoms with van der Waals surface area (Å²) in [6.45, 7) is 6.62. The maximum absolute atomic E-state index is 12.8. The molecule has 1 unspecified atom stereocenters. The number of hydrogen-bond donors (Lipinski definition) is 0. The van der Waals surface area contributed by atoms with Crippen LogP contribution in [0.25, 0.3) is 0 Å². The van der Waals surface area contributed by atoms with Gasteiger partial charge in [-0.25, -0.2) is 0 Å². The van der Waals surface area contributed by atoms with Crippen molar-refractivity contribution < 1.29 is 28.6 Å². The maximum atomic E-state index is 12.8. The first kappa shape index (κ1) is 63.4. The molecule has 0 N–H and O–H groups in total. The third-order valence-electron chi connectivity index (χ3n) is 12.6. The third-order valence-corrected chi connectivity index (χ3v) is 12.6. The quantitative estimate of drug-likeness (QED) is 0.0262. The van der Waals surface area contributed by atoms with Crippen LogP contribution in [-0.2, 0) is 28.6 Å². The first-order valence-electron chi connectivity index (χ1n) is 28.6. The predicted molar refractivity (Wildman–Crippen MR) is 284 cm³/mol. The van der Waals surface area contributed by atoms with Gasteiger partial charge >= 0.3 is 17.9 Å². The molecule has 0 aromatic carbocycles. The number of rotatable bonds is 52. The van der Waals surface area contributed by atoms with Crippen LogP contribution in [0.1, 0.15) is 297 Å². The average molecular weight is 926 g/mol. The van der Waals surface area contributed by atoms with Crippen LogP contribution in [0, 0.1) is 0 Å². The van der Waals surface area contributed by atoms with E-state index in [1.165, 1.54) is 173 Å². The summed E-state index contributed by atoms with van der Waals surface area (Å²) in [5.74, 6) is -0.887. The minimum absolute atomic E-state index is 0.0792. The normalized spacial score (nSPS) is 12.3. The van der Waals surface area contributed by atoms with Gasteiger partial charge < -0.3 is 14.2 Å². The van der Waals surface area contributed by atoms with Crippen molar-refractivity contribution in [2.75, 3.05) is 13.2 Å². The zero-order valence-electron chi connectivity index (χ0n) is 44.0. The second-order valence-electron chi connectivity index (χ2n) is 19.2. The van der Waals surface area contributed by atoms with Crippen molar-refractivity contribution in [1.29, 1.82) is 0 Å². The van der Waals surface area contributed by atoms with Crippen LogP contribution in [0.3, 0.4) is 0 Å². The Morgan fingerprint density at radius 2 is 0.545 bits per heavy atom. The summed E-state index contributed by atoms with van der Waals surface area (Å²) >= 11 is 0. The molecule has 0 bridgehead atoms. The monoisotopic (exact) mass is 925 g/mol. The lowest BCUT2D eigenvalue weighted by Crippen LogP contribution is -2.30. The Morgan fingerprint density at radius 3 is 0.879 bits per heavy atom. The number of allylic oxidation sites excluding steroid dienone is 8. The molecule has 384 valence electrons. The summed E-state index contributed by atoms with van der Waals surface area (Å²) in [7, 11) is 0. The molecule has 0 fully saturated rings. The van der Waals surface area contributed by atoms with E-state index < -0.39 is 6.10 Å². The Labute approximate surface area is 409 Å². The third kappa shape index (κ3) is 52.3. The van der Waals surface area contributed by atoms with Gasteiger partial charge in [-0.2, -0.15) is 0 Å². The lowest BCUT2D eigenvalue weighted by atomic mass is 10.0. The fourth-order valence-corrected chi connectivity index (χ4v) is 8.21. The van der Waals surface area contributed by atoms with Gasteiger partial charge in [0.1, 0.15) is 13.2 Å². The van der Waals surface area contributed by atoms with Crippen LogP contribution in [0.5, 0.6) is 0 Å². The highest BCUT2D eigenvalue weighted by molar-refractivity contribution is 5.71. The van der Waals surface area contributed by atoms with Gasteiger partial charge in [0.15, 0.2) is 6.10 Å². The zero-order valence-corrected chi connectivity index (χ0v) is 44.0. The molecule has 0 aromatic heterocycles. The van der Waals surface area contributed by atoms with Gasteiger partial charge in [-0.1, -0.05) is 243 Å². The molecule has 0 aliphatic rings. The molecule has 6 nitrogen and oxygen atoms in total. The minimum Gasteiger partial charge on any atom is -0.462 e. The Morgan fingerprint density at radius 1 is 0.303 bits per heavy atom. The molecular weight excluding hydrogens is 817 g/mol. The van der Waals surface area contributed by atoms with Crippen molar-refractivity contribution in [3.63, 3.8) is 0 Å². The van der Waals surface area contributed by atoms with Crippen LogP contribution in [0.2, 0.25) is 0 Å². The molecule has 0 saturated carbocycles. The van der Waals surface area contributed by atoms with Gasteiger partial charge in [-0.05, 0) is 83.5 Å². The van der Waals surface area contributed by atoms with Gasteiger partial charge in [0.2, 0.25) is 0 Å². The second kappa shape index (κ2) is 55.0. The second-order valence-corrected chi connectivity index (χ2v) is 19.2. The molecule has 1 atom stereocenters. The van der Waals surface area contributed by atoms with E-state index in [-0.39, 0.29) is 31.1 Å². The summed E-state index contributed by atoms with van der Waals surface area (Å²) in [5, 5.41) is 0. The molecule has 0 aromatic rings. The fourth-order valence-electron chi connectivity index (χ4n) is 8.21. The standard InChI is InChI=1S/C60H108O6/c1-4-7-10-13-16-19-22-25-27-28-29-30-31-32-33-36-38-41-44-47-50-53-59(62)65-56-57(55-64-58(61)52-49-46-43-40-37-34-24-21-18-15-12-9-6-3)66-60(63)54-51-48-45-42-39-35-26-23-20-17-14-11-8-5-2/h21-22,24-25,28-29,31-32,57H,4-20,23,26-27,30,33-56H2,1-3H3/b24-21-,25-22-,29-28-,32-31-. The number of esters is 3. The molecule has 66 heavy (non-hydrogen) atoms. The van der Waals surface area contributed by atoms with Crippen LogP contribution >= 0.6 is 0 Å². The predicted octanol–water partition coefficient (Wildman–Crippen LogP) is 19.0. The minimum atomic E-state index is -0.779. The summed E-state index contributed by atoms with van der Waals surface area (Å²) in [6.07, 6.45) is 66.7. The van der Waals surface area contributed by atoms with Crippen molar-refractivity contribution in [1.82, 2.24) is 0 Å². The Balaban J connectivity index is 4.35. The van der Waals surface area contributed by atoms with E-state index in [1.54, 1.807) is 0 Å². The first-order chi connectivity index (χ1) is 32.5. The average Bonchev–Trinajstić information content (AvgIpc) is 3.31. The van der Waals surface area contributed by atoms with Crippen molar-refractivity contribution >= 4 is 17.9 Å². The van der Waals surface area contributed by atoms with Crippen LogP contribution in [0.15, 0.2) is 48.6 Å². The summed E-state index contributed by atoms with van der Waals surface area (Å²) in [5.41, 5.74) is 0. The summed E-state index contributed by atoms with van der Waals surface area (Å²) < 4.78 is 16.8. The van der Waals surface area contributed by atoms with Crippen molar-refractivity contribution in [2.45, 2.75) is 303 Å². The lowest BCUT2D eigenvalue weighted by Gasteiger charge is -2.18. The molecule has 6 heteroatoms. The molecule has 0 saturated heterocycles. The molecular formula is C60H108O6. The molecule has 0 amide bonds. The van der Waals surface area contributed by atoms with Gasteiger partial charge in [0.25, 0.3) is 0 Å². The van der Waals surface area contributed by atoms with E-state index in [2.05, 4.69) is 69.4 Å². The van der Waals surface area contributed by atoms with Crippen LogP contribution < -0.4 is 0 Å². The smallest absolute Gasteiger partial charge is 0.306 e. The van der Waals surface area contributed by atoms with E-state index in [0.29, 0.717) is 19.3 Å². The highest BCUT2D eigenvalue weighted by atomic mass is 16.6. The first-order valence-corrected chi connectivity index (χ1v) is 28.6. The Kier molecular flexibility index (Phi) is 52.8. The summed E-state index contributed by atoms with van der Waals surface area (Å²) in [4.78, 5) is 38.1. The number of unbranched alkanes of at least 4 members (excludes halogenated alkanes) is 33. The van der Waals surface area contributed by atoms with E-state index in [4.69, 9.17) is 14.2 Å². The SMILES string of the molecule is CCCCCC/C=C\CCCCCCCC(=O)OCC(COC(=O)CCCCCCCC/C=C\C/C=C\C/C=C\CCCCCCC)OC(=O)CCCCCCCCCCCCCCCC. The molecule has 0 spiro atoms. The number of carbonyl (C=O) groups is 3. The molecule has 0 radical (unpaired) electrons. The molecule has 0 aliphatic heterocycles. The zero-order chi connectivity index (χ0) is 47.9. The largest absolute Gasteiger partial charge is 0.462 e. The van der Waals surface area contributed by atoms with Crippen LogP contribution in [-0.4, -0.2) is 37.2 Å². The van der Waals surface area contributed by atoms with Crippen molar-refractivity contribution in [3.05, 3.63) is 48.6 Å². The Hall–Kier alpha value is -2.63. The van der Waals surface area contributed by atoms with E-state index >= 15 is 0 Å². The Bertz CT molecular complexity index is 1150. The fraction of sp³-hybridized carbons (Fsp3) is 0.817. The van der Waals surface area contributed by atoms with Gasteiger partial charge in [-0.15, -0.1) is 0 Å². The molecule has 0 rings (SSSR count). The number of hydrogen-bond acceptors (Lipinski definition) is 6. The summed E-state index contributed by atoms with van der Waals surface area (Å²) in [6, 6.07) is 0. The highest BCUT2D eigenvalue weighted by Gasteiger charge is 2.19. The van der Waals surface area contributed by atoms with Gasteiger partial charge in [-0.3, -0.25) is 14.4 Å². The van der Waals surface area contributed by atoms with Crippen molar-refractivity contribution in [3.8, 4) is 0 Å². The van der Waals surface area contributed by atoms with E-state index in [1.807, 2.05) is 0 Å². The molecule has 0 aliphatic carbocycles. The van der Waals surface area contributed by atoms with Gasteiger partial charge in [0.05, 0.1) is 0 Å². The van der Waals surface area contributed by atoms with Crippen LogP contribution in [0.4, 0.5) is 0 Å². The topological polar surface area (TPSA) is 78.9 Å². The maximum Gasteiger partial charge on any atom is 0.306 e. The van der Waals surface area contributed by atoms with Crippen molar-refractivity contribution in [2.24, 2.45) is 0 Å². The van der Waals surface area contributed by atoms with E-state index in [9.17, 15) is 14.4 Å². The lowest BCUT2D eigenvalue weighted by molar-refractivity contribution is -0.167. The highest BCUT2D eigenvalue weighted by Crippen LogP contribution is 2.16. The van der Waals surface area contributed by atoms with Gasteiger partial charge in [0, 0.05) is 19.3 Å². The molecule has 0 heterocycles.